The highest BCUT2D eigenvalue weighted by molar-refractivity contribution is 5.73. The normalized spacial score (nSPS) is 10.1. The van der Waals surface area contributed by atoms with Gasteiger partial charge in [-0.1, -0.05) is 0 Å². The molecule has 0 aliphatic carbocycles. The summed E-state index contributed by atoms with van der Waals surface area (Å²) in [6.45, 7) is 6.08. The molecule has 0 saturated heterocycles. The number of nitrogens with zero attached hydrogens (tertiary/aromatic N) is 2. The lowest BCUT2D eigenvalue weighted by Crippen LogP contribution is -2.39. The van der Waals surface area contributed by atoms with Crippen molar-refractivity contribution in [2.24, 2.45) is 0 Å². The first-order chi connectivity index (χ1) is 7.08. The summed E-state index contributed by atoms with van der Waals surface area (Å²) < 4.78 is 0. The van der Waals surface area contributed by atoms with Crippen LogP contribution in [0.4, 0.5) is 4.79 Å². The molecular formula is C10H16N4O. The van der Waals surface area contributed by atoms with Gasteiger partial charge in [0, 0.05) is 6.04 Å². The minimum atomic E-state index is -0.188. The van der Waals surface area contributed by atoms with Crippen molar-refractivity contribution in [3.63, 3.8) is 0 Å². The van der Waals surface area contributed by atoms with E-state index < -0.39 is 0 Å². The molecule has 1 heterocycles. The predicted octanol–water partition coefficient (Wildman–Crippen LogP) is 0.993. The number of rotatable bonds is 3. The van der Waals surface area contributed by atoms with Crippen molar-refractivity contribution < 1.29 is 4.79 Å². The average Bonchev–Trinajstić information content (AvgIpc) is 2.16. The van der Waals surface area contributed by atoms with Crippen LogP contribution in [0.25, 0.3) is 0 Å². The third kappa shape index (κ3) is 4.39. The largest absolute Gasteiger partial charge is 0.336 e. The minimum Gasteiger partial charge on any atom is -0.336 e. The lowest BCUT2D eigenvalue weighted by molar-refractivity contribution is 0.238. The zero-order valence-electron chi connectivity index (χ0n) is 9.24. The lowest BCUT2D eigenvalue weighted by atomic mass is 10.3. The lowest BCUT2D eigenvalue weighted by Gasteiger charge is -2.09. The molecule has 5 nitrogen and oxygen atoms in total. The Bertz CT molecular complexity index is 321. The van der Waals surface area contributed by atoms with E-state index in [-0.39, 0.29) is 12.1 Å². The number of nitrogens with one attached hydrogen (secondary N) is 2. The van der Waals surface area contributed by atoms with E-state index in [0.717, 1.165) is 11.4 Å². The van der Waals surface area contributed by atoms with Gasteiger partial charge in [-0.2, -0.15) is 10.2 Å². The molecule has 0 fully saturated rings. The topological polar surface area (TPSA) is 66.9 Å². The summed E-state index contributed by atoms with van der Waals surface area (Å²) in [6.07, 6.45) is 0. The van der Waals surface area contributed by atoms with Gasteiger partial charge in [-0.25, -0.2) is 4.79 Å². The Hall–Kier alpha value is -1.65. The van der Waals surface area contributed by atoms with E-state index >= 15 is 0 Å². The monoisotopic (exact) mass is 208 g/mol. The Morgan fingerprint density at radius 2 is 2.13 bits per heavy atom. The highest BCUT2D eigenvalue weighted by atomic mass is 16.2. The minimum absolute atomic E-state index is 0.133. The van der Waals surface area contributed by atoms with Gasteiger partial charge < -0.3 is 10.6 Å². The molecule has 0 aliphatic heterocycles. The van der Waals surface area contributed by atoms with Gasteiger partial charge in [0.05, 0.1) is 17.9 Å². The van der Waals surface area contributed by atoms with E-state index in [9.17, 15) is 4.79 Å². The van der Waals surface area contributed by atoms with Crippen LogP contribution in [-0.2, 0) is 6.54 Å². The Morgan fingerprint density at radius 3 is 2.67 bits per heavy atom. The van der Waals surface area contributed by atoms with Crippen LogP contribution in [0.3, 0.4) is 0 Å². The van der Waals surface area contributed by atoms with E-state index in [1.165, 1.54) is 0 Å². The van der Waals surface area contributed by atoms with Gasteiger partial charge in [0.2, 0.25) is 0 Å². The zero-order valence-corrected chi connectivity index (χ0v) is 9.24. The number of carbonyl (C=O) groups excluding carboxylic acids is 1. The molecule has 5 heteroatoms. The number of urea groups is 1. The van der Waals surface area contributed by atoms with Crippen molar-refractivity contribution in [2.45, 2.75) is 33.4 Å². The number of aromatic nitrogens is 2. The van der Waals surface area contributed by atoms with Gasteiger partial charge in [0.1, 0.15) is 0 Å². The smallest absolute Gasteiger partial charge is 0.315 e. The van der Waals surface area contributed by atoms with Crippen LogP contribution in [0.1, 0.15) is 25.2 Å². The van der Waals surface area contributed by atoms with Crippen molar-refractivity contribution >= 4 is 6.03 Å². The second-order valence-corrected chi connectivity index (χ2v) is 3.65. The fourth-order valence-electron chi connectivity index (χ4n) is 1.00. The van der Waals surface area contributed by atoms with E-state index in [0.29, 0.717) is 6.54 Å². The van der Waals surface area contributed by atoms with E-state index in [1.54, 1.807) is 0 Å². The number of hydrogen-bond donors (Lipinski definition) is 2. The summed E-state index contributed by atoms with van der Waals surface area (Å²) >= 11 is 0. The molecule has 0 aromatic carbocycles. The molecule has 82 valence electrons. The standard InChI is InChI=1S/C10H16N4O/c1-7(2)12-10(15)11-6-9-5-4-8(3)13-14-9/h4-5,7H,6H2,1-3H3,(H2,11,12,15). The molecule has 1 aromatic rings. The van der Waals surface area contributed by atoms with Crippen LogP contribution in [0.2, 0.25) is 0 Å². The van der Waals surface area contributed by atoms with E-state index in [1.807, 2.05) is 32.9 Å². The summed E-state index contributed by atoms with van der Waals surface area (Å²) in [6, 6.07) is 3.66. The molecule has 0 aliphatic rings. The van der Waals surface area contributed by atoms with Gasteiger partial charge in [-0.05, 0) is 32.9 Å². The molecule has 0 spiro atoms. The summed E-state index contributed by atoms with van der Waals surface area (Å²) in [5.74, 6) is 0. The van der Waals surface area contributed by atoms with Gasteiger partial charge >= 0.3 is 6.03 Å². The molecule has 0 radical (unpaired) electrons. The fraction of sp³-hybridized carbons (Fsp3) is 0.500. The van der Waals surface area contributed by atoms with Crippen LogP contribution in [0.15, 0.2) is 12.1 Å². The van der Waals surface area contributed by atoms with Crippen molar-refractivity contribution in [1.82, 2.24) is 20.8 Å². The van der Waals surface area contributed by atoms with Crippen LogP contribution < -0.4 is 10.6 Å². The number of amides is 2. The molecule has 15 heavy (non-hydrogen) atoms. The third-order valence-corrected chi connectivity index (χ3v) is 1.70. The molecular weight excluding hydrogens is 192 g/mol. The fourth-order valence-corrected chi connectivity index (χ4v) is 1.00. The van der Waals surface area contributed by atoms with Crippen molar-refractivity contribution in [1.29, 1.82) is 0 Å². The molecule has 2 N–H and O–H groups in total. The number of hydrogen-bond acceptors (Lipinski definition) is 3. The molecule has 0 atom stereocenters. The van der Waals surface area contributed by atoms with Crippen molar-refractivity contribution in [3.05, 3.63) is 23.5 Å². The molecule has 0 bridgehead atoms. The first-order valence-corrected chi connectivity index (χ1v) is 4.91. The van der Waals surface area contributed by atoms with E-state index in [4.69, 9.17) is 0 Å². The molecule has 1 aromatic heterocycles. The maximum absolute atomic E-state index is 11.2. The van der Waals surface area contributed by atoms with Gasteiger partial charge in [0.25, 0.3) is 0 Å². The van der Waals surface area contributed by atoms with Crippen LogP contribution in [-0.4, -0.2) is 22.3 Å². The van der Waals surface area contributed by atoms with Crippen molar-refractivity contribution in [2.75, 3.05) is 0 Å². The van der Waals surface area contributed by atoms with Gasteiger partial charge in [-0.15, -0.1) is 0 Å². The first-order valence-electron chi connectivity index (χ1n) is 4.91. The molecule has 2 amide bonds. The van der Waals surface area contributed by atoms with Crippen molar-refractivity contribution in [3.8, 4) is 0 Å². The quantitative estimate of drug-likeness (QED) is 0.778. The Morgan fingerprint density at radius 1 is 1.40 bits per heavy atom. The highest BCUT2D eigenvalue weighted by Gasteiger charge is 2.02. The summed E-state index contributed by atoms with van der Waals surface area (Å²) in [5.41, 5.74) is 1.62. The van der Waals surface area contributed by atoms with Gasteiger partial charge in [-0.3, -0.25) is 0 Å². The maximum atomic E-state index is 11.2. The number of aryl methyl sites for hydroxylation is 1. The second kappa shape index (κ2) is 5.29. The summed E-state index contributed by atoms with van der Waals surface area (Å²) in [5, 5.41) is 13.3. The molecule has 1 rings (SSSR count). The third-order valence-electron chi connectivity index (χ3n) is 1.70. The molecule has 0 unspecified atom stereocenters. The predicted molar refractivity (Wildman–Crippen MR) is 57.3 cm³/mol. The molecule has 0 saturated carbocycles. The Kier molecular flexibility index (Phi) is 4.03. The van der Waals surface area contributed by atoms with Crippen LogP contribution >= 0.6 is 0 Å². The SMILES string of the molecule is Cc1ccc(CNC(=O)NC(C)C)nn1. The first kappa shape index (κ1) is 11.4. The Labute approximate surface area is 89.3 Å². The van der Waals surface area contributed by atoms with Crippen LogP contribution in [0.5, 0.6) is 0 Å². The van der Waals surface area contributed by atoms with Crippen LogP contribution in [0, 0.1) is 6.92 Å². The second-order valence-electron chi connectivity index (χ2n) is 3.65. The Balaban J connectivity index is 2.37. The zero-order chi connectivity index (χ0) is 11.3. The summed E-state index contributed by atoms with van der Waals surface area (Å²) in [4.78, 5) is 11.2. The van der Waals surface area contributed by atoms with Gasteiger partial charge in [0.15, 0.2) is 0 Å². The summed E-state index contributed by atoms with van der Waals surface area (Å²) in [7, 11) is 0. The highest BCUT2D eigenvalue weighted by Crippen LogP contribution is 1.94. The maximum Gasteiger partial charge on any atom is 0.315 e. The average molecular weight is 208 g/mol. The number of carbonyl (C=O) groups is 1. The van der Waals surface area contributed by atoms with E-state index in [2.05, 4.69) is 20.8 Å².